The van der Waals surface area contributed by atoms with Crippen LogP contribution in [0, 0.1) is 11.3 Å². The summed E-state index contributed by atoms with van der Waals surface area (Å²) in [5.74, 6) is 0.00203. The summed E-state index contributed by atoms with van der Waals surface area (Å²) in [6.07, 6.45) is 2.60. The van der Waals surface area contributed by atoms with Crippen LogP contribution in [0.5, 0.6) is 0 Å². The van der Waals surface area contributed by atoms with E-state index in [9.17, 15) is 10.1 Å². The molecule has 1 fully saturated rings. The second-order valence-electron chi connectivity index (χ2n) is 6.68. The molecule has 1 saturated heterocycles. The molecule has 140 valence electrons. The van der Waals surface area contributed by atoms with Gasteiger partial charge >= 0.3 is 0 Å². The lowest BCUT2D eigenvalue weighted by Gasteiger charge is -2.25. The van der Waals surface area contributed by atoms with Crippen molar-refractivity contribution in [2.45, 2.75) is 6.42 Å². The normalized spacial score (nSPS) is 14.4. The maximum Gasteiger partial charge on any atom is 0.253 e. The van der Waals surface area contributed by atoms with Crippen LogP contribution in [0.4, 0.5) is 11.4 Å². The Morgan fingerprint density at radius 1 is 1.11 bits per heavy atom. The zero-order valence-corrected chi connectivity index (χ0v) is 16.3. The number of nitrogens with zero attached hydrogens (tertiary/aromatic N) is 5. The Hall–Kier alpha value is -2.78. The molecule has 6 nitrogen and oxygen atoms in total. The molecule has 2 heterocycles. The average molecular weight is 384 g/mol. The van der Waals surface area contributed by atoms with Crippen molar-refractivity contribution in [1.29, 1.82) is 5.26 Å². The average Bonchev–Trinajstić information content (AvgIpc) is 2.93. The number of hydrogen-bond acceptors (Lipinski definition) is 5. The molecule has 1 aliphatic rings. The van der Waals surface area contributed by atoms with Gasteiger partial charge in [0.15, 0.2) is 0 Å². The molecule has 1 aromatic carbocycles. The number of halogens is 1. The van der Waals surface area contributed by atoms with Crippen LogP contribution in [0.2, 0.25) is 5.15 Å². The van der Waals surface area contributed by atoms with Crippen LogP contribution < -0.4 is 9.80 Å². The summed E-state index contributed by atoms with van der Waals surface area (Å²) < 4.78 is 0. The van der Waals surface area contributed by atoms with Gasteiger partial charge in [-0.2, -0.15) is 5.26 Å². The topological polar surface area (TPSA) is 63.5 Å². The zero-order valence-electron chi connectivity index (χ0n) is 15.5. The van der Waals surface area contributed by atoms with Crippen molar-refractivity contribution in [1.82, 2.24) is 9.88 Å². The fraction of sp³-hybridized carbons (Fsp3) is 0.350. The summed E-state index contributed by atoms with van der Waals surface area (Å²) in [6, 6.07) is 11.8. The Kier molecular flexibility index (Phi) is 5.82. The molecular weight excluding hydrogens is 362 g/mol. The first-order valence-corrected chi connectivity index (χ1v) is 9.25. The quantitative estimate of drug-likeness (QED) is 0.762. The summed E-state index contributed by atoms with van der Waals surface area (Å²) in [4.78, 5) is 22.1. The maximum absolute atomic E-state index is 12.0. The Morgan fingerprint density at radius 2 is 1.78 bits per heavy atom. The third kappa shape index (κ3) is 4.15. The van der Waals surface area contributed by atoms with E-state index in [1.165, 1.54) is 0 Å². The molecule has 0 atom stereocenters. The van der Waals surface area contributed by atoms with Crippen LogP contribution in [0.25, 0.3) is 0 Å². The molecule has 1 amide bonds. The molecule has 0 radical (unpaired) electrons. The fourth-order valence-corrected chi connectivity index (χ4v) is 3.48. The molecule has 27 heavy (non-hydrogen) atoms. The molecule has 0 N–H and O–H groups in total. The number of hydrogen-bond donors (Lipinski definition) is 0. The van der Waals surface area contributed by atoms with Gasteiger partial charge in [-0.05, 0) is 36.8 Å². The van der Waals surface area contributed by atoms with E-state index in [1.807, 2.05) is 30.3 Å². The SMILES string of the molecule is CN(C)C(=O)c1ccc(N2CCCN(c3ccnc(Cl)c3C#N)CC2)cc1. The van der Waals surface area contributed by atoms with Gasteiger partial charge in [0.05, 0.1) is 5.69 Å². The Morgan fingerprint density at radius 3 is 2.44 bits per heavy atom. The van der Waals surface area contributed by atoms with Crippen molar-refractivity contribution in [3.63, 3.8) is 0 Å². The molecular formula is C20H22ClN5O. The Labute approximate surface area is 164 Å². The lowest BCUT2D eigenvalue weighted by atomic mass is 10.1. The fourth-order valence-electron chi connectivity index (χ4n) is 3.28. The first-order valence-electron chi connectivity index (χ1n) is 8.87. The van der Waals surface area contributed by atoms with E-state index >= 15 is 0 Å². The number of carbonyl (C=O) groups is 1. The maximum atomic E-state index is 12.0. The van der Waals surface area contributed by atoms with Crippen LogP contribution >= 0.6 is 11.6 Å². The number of nitriles is 1. The lowest BCUT2D eigenvalue weighted by molar-refractivity contribution is 0.0827. The molecule has 0 aliphatic carbocycles. The number of rotatable bonds is 3. The molecule has 0 spiro atoms. The first kappa shape index (κ1) is 19.0. The van der Waals surface area contributed by atoms with Crippen LogP contribution in [0.1, 0.15) is 22.3 Å². The van der Waals surface area contributed by atoms with Crippen molar-refractivity contribution < 1.29 is 4.79 Å². The molecule has 0 unspecified atom stereocenters. The largest absolute Gasteiger partial charge is 0.370 e. The van der Waals surface area contributed by atoms with Crippen LogP contribution in [-0.2, 0) is 0 Å². The van der Waals surface area contributed by atoms with E-state index in [4.69, 9.17) is 11.6 Å². The van der Waals surface area contributed by atoms with Gasteiger partial charge in [0.2, 0.25) is 0 Å². The van der Waals surface area contributed by atoms with Gasteiger partial charge in [0, 0.05) is 57.7 Å². The number of benzene rings is 1. The molecule has 0 saturated carbocycles. The third-order valence-corrected chi connectivity index (χ3v) is 5.00. The van der Waals surface area contributed by atoms with E-state index in [0.717, 1.165) is 44.0 Å². The van der Waals surface area contributed by atoms with Gasteiger partial charge in [-0.15, -0.1) is 0 Å². The molecule has 1 aliphatic heterocycles. The molecule has 7 heteroatoms. The second-order valence-corrected chi connectivity index (χ2v) is 7.04. The molecule has 3 rings (SSSR count). The van der Waals surface area contributed by atoms with E-state index < -0.39 is 0 Å². The molecule has 0 bridgehead atoms. The summed E-state index contributed by atoms with van der Waals surface area (Å²) in [5.41, 5.74) is 3.05. The lowest BCUT2D eigenvalue weighted by Crippen LogP contribution is -2.31. The highest BCUT2D eigenvalue weighted by molar-refractivity contribution is 6.30. The van der Waals surface area contributed by atoms with Gasteiger partial charge in [-0.1, -0.05) is 11.6 Å². The predicted molar refractivity (Wildman–Crippen MR) is 107 cm³/mol. The Bertz CT molecular complexity index is 860. The van der Waals surface area contributed by atoms with E-state index in [2.05, 4.69) is 20.9 Å². The third-order valence-electron chi connectivity index (χ3n) is 4.72. The monoisotopic (exact) mass is 383 g/mol. The van der Waals surface area contributed by atoms with Gasteiger partial charge in [0.1, 0.15) is 16.8 Å². The number of carbonyl (C=O) groups excluding carboxylic acids is 1. The summed E-state index contributed by atoms with van der Waals surface area (Å²) in [5, 5.41) is 9.64. The minimum atomic E-state index is 0.00203. The number of pyridine rings is 1. The van der Waals surface area contributed by atoms with Gasteiger partial charge < -0.3 is 14.7 Å². The van der Waals surface area contributed by atoms with Crippen molar-refractivity contribution >= 4 is 28.9 Å². The number of anilines is 2. The van der Waals surface area contributed by atoms with Gasteiger partial charge in [-0.25, -0.2) is 4.98 Å². The number of amides is 1. The number of aromatic nitrogens is 1. The smallest absolute Gasteiger partial charge is 0.253 e. The highest BCUT2D eigenvalue weighted by Crippen LogP contribution is 2.27. The summed E-state index contributed by atoms with van der Waals surface area (Å²) in [6.45, 7) is 3.38. The van der Waals surface area contributed by atoms with E-state index in [-0.39, 0.29) is 11.1 Å². The van der Waals surface area contributed by atoms with Crippen molar-refractivity contribution in [2.75, 3.05) is 50.1 Å². The first-order chi connectivity index (χ1) is 13.0. The zero-order chi connectivity index (χ0) is 19.4. The van der Waals surface area contributed by atoms with E-state index in [0.29, 0.717) is 11.1 Å². The minimum absolute atomic E-state index is 0.00203. The van der Waals surface area contributed by atoms with Crippen molar-refractivity contribution in [3.05, 3.63) is 52.8 Å². The molecule has 1 aromatic heterocycles. The van der Waals surface area contributed by atoms with Gasteiger partial charge in [-0.3, -0.25) is 4.79 Å². The summed E-state index contributed by atoms with van der Waals surface area (Å²) in [7, 11) is 3.50. The second kappa shape index (κ2) is 8.28. The van der Waals surface area contributed by atoms with E-state index in [1.54, 1.807) is 25.2 Å². The Balaban J connectivity index is 1.73. The standard InChI is InChI=1S/C20H22ClN5O/c1-24(2)20(27)15-4-6-16(7-5-15)25-10-3-11-26(13-12-25)18-8-9-23-19(21)17(18)14-22/h4-9H,3,10-13H2,1-2H3. The van der Waals surface area contributed by atoms with Crippen molar-refractivity contribution in [3.8, 4) is 6.07 Å². The summed E-state index contributed by atoms with van der Waals surface area (Å²) >= 11 is 6.07. The predicted octanol–water partition coefficient (Wildman–Crippen LogP) is 3.03. The van der Waals surface area contributed by atoms with Gasteiger partial charge in [0.25, 0.3) is 5.91 Å². The molecule has 2 aromatic rings. The highest BCUT2D eigenvalue weighted by Gasteiger charge is 2.19. The van der Waals surface area contributed by atoms with Crippen molar-refractivity contribution in [2.24, 2.45) is 0 Å². The van der Waals surface area contributed by atoms with Crippen LogP contribution in [-0.4, -0.2) is 56.1 Å². The van der Waals surface area contributed by atoms with Crippen LogP contribution in [0.3, 0.4) is 0 Å². The van der Waals surface area contributed by atoms with Crippen LogP contribution in [0.15, 0.2) is 36.5 Å². The minimum Gasteiger partial charge on any atom is -0.370 e. The highest BCUT2D eigenvalue weighted by atomic mass is 35.5.